The Hall–Kier alpha value is -3.75. The Kier molecular flexibility index (Phi) is 20.6. The second-order valence-electron chi connectivity index (χ2n) is 11.1. The topological polar surface area (TPSA) is 55.8 Å². The molecular weight excluding hydrogens is 578 g/mol. The zero-order valence-electron chi connectivity index (χ0n) is 28.2. The van der Waals surface area contributed by atoms with Crippen molar-refractivity contribution in [3.05, 3.63) is 76.4 Å². The van der Waals surface area contributed by atoms with Gasteiger partial charge in [0.2, 0.25) is 10.0 Å². The van der Waals surface area contributed by atoms with Gasteiger partial charge in [0.25, 0.3) is 0 Å². The lowest BCUT2D eigenvalue weighted by atomic mass is 10.1. The summed E-state index contributed by atoms with van der Waals surface area (Å²) in [4.78, 5) is 0.184. The molecular formula is C39H49NO4S. The van der Waals surface area contributed by atoms with Gasteiger partial charge in [0.1, 0.15) is 13.2 Å². The number of rotatable bonds is 16. The Balaban J connectivity index is 2.70. The number of hydrogen-bond acceptors (Lipinski definition) is 4. The summed E-state index contributed by atoms with van der Waals surface area (Å²) in [6.45, 7) is 15.9. The zero-order chi connectivity index (χ0) is 33.3. The van der Waals surface area contributed by atoms with Gasteiger partial charge < -0.3 is 9.47 Å². The van der Waals surface area contributed by atoms with E-state index in [1.807, 2.05) is 6.92 Å². The molecule has 0 amide bonds. The predicted molar refractivity (Wildman–Crippen MR) is 188 cm³/mol. The molecule has 0 heterocycles. The molecule has 45 heavy (non-hydrogen) atoms. The van der Waals surface area contributed by atoms with E-state index in [-0.39, 0.29) is 31.2 Å². The van der Waals surface area contributed by atoms with Crippen molar-refractivity contribution in [1.82, 2.24) is 4.31 Å². The summed E-state index contributed by atoms with van der Waals surface area (Å²) in [5, 5.41) is 0. The first-order valence-corrected chi connectivity index (χ1v) is 16.7. The van der Waals surface area contributed by atoms with Crippen LogP contribution in [0.25, 0.3) is 0 Å². The van der Waals surface area contributed by atoms with E-state index in [4.69, 9.17) is 9.47 Å². The summed E-state index contributed by atoms with van der Waals surface area (Å²) in [6.07, 6.45) is 12.6. The SMILES string of the molecule is CC(C)=CCC/C(C)=C\COCC#CC#CCN(CC#CC#CCOC/C=C(/C)CCC=C(C)C)S(=O)(=O)c1ccc(C)cc1. The summed E-state index contributed by atoms with van der Waals surface area (Å²) in [6, 6.07) is 6.70. The van der Waals surface area contributed by atoms with E-state index >= 15 is 0 Å². The van der Waals surface area contributed by atoms with Crippen molar-refractivity contribution in [2.75, 3.05) is 39.5 Å². The Labute approximate surface area is 273 Å². The van der Waals surface area contributed by atoms with Crippen LogP contribution in [0.1, 0.15) is 72.8 Å². The molecule has 1 aromatic carbocycles. The average molecular weight is 628 g/mol. The van der Waals surface area contributed by atoms with E-state index in [2.05, 4.69) is 113 Å². The van der Waals surface area contributed by atoms with Gasteiger partial charge in [-0.3, -0.25) is 0 Å². The van der Waals surface area contributed by atoms with Crippen molar-refractivity contribution >= 4 is 10.0 Å². The van der Waals surface area contributed by atoms with Crippen molar-refractivity contribution in [2.45, 2.75) is 79.0 Å². The molecule has 0 bridgehead atoms. The van der Waals surface area contributed by atoms with Gasteiger partial charge in [-0.2, -0.15) is 4.31 Å². The summed E-state index contributed by atoms with van der Waals surface area (Å²) in [5.41, 5.74) is 6.18. The third-order valence-electron chi connectivity index (χ3n) is 6.28. The first-order valence-electron chi connectivity index (χ1n) is 15.2. The molecule has 0 radical (unpaired) electrons. The highest BCUT2D eigenvalue weighted by Gasteiger charge is 2.22. The molecule has 0 saturated carbocycles. The number of benzene rings is 1. The highest BCUT2D eigenvalue weighted by atomic mass is 32.2. The van der Waals surface area contributed by atoms with Crippen molar-refractivity contribution in [1.29, 1.82) is 0 Å². The minimum atomic E-state index is -3.80. The number of sulfonamides is 1. The van der Waals surface area contributed by atoms with E-state index in [9.17, 15) is 8.42 Å². The quantitative estimate of drug-likeness (QED) is 0.109. The van der Waals surface area contributed by atoms with Crippen molar-refractivity contribution in [3.63, 3.8) is 0 Å². The smallest absolute Gasteiger partial charge is 0.244 e. The third kappa shape index (κ3) is 20.0. The number of nitrogens with zero attached hydrogens (tertiary/aromatic N) is 1. The number of hydrogen-bond donors (Lipinski definition) is 0. The molecule has 0 fully saturated rings. The van der Waals surface area contributed by atoms with Crippen LogP contribution in [0.3, 0.4) is 0 Å². The molecule has 0 spiro atoms. The highest BCUT2D eigenvalue weighted by Crippen LogP contribution is 2.16. The van der Waals surface area contributed by atoms with E-state index in [0.29, 0.717) is 13.2 Å². The van der Waals surface area contributed by atoms with E-state index in [1.165, 1.54) is 26.6 Å². The largest absolute Gasteiger partial charge is 0.365 e. The first kappa shape index (κ1) is 39.3. The van der Waals surface area contributed by atoms with E-state index < -0.39 is 10.0 Å². The van der Waals surface area contributed by atoms with Crippen LogP contribution in [0.2, 0.25) is 0 Å². The van der Waals surface area contributed by atoms with Gasteiger partial charge in [0, 0.05) is 0 Å². The summed E-state index contributed by atoms with van der Waals surface area (Å²) in [7, 11) is -3.80. The van der Waals surface area contributed by atoms with Gasteiger partial charge in [-0.15, -0.1) is 0 Å². The van der Waals surface area contributed by atoms with Gasteiger partial charge in [0.05, 0.1) is 31.2 Å². The van der Waals surface area contributed by atoms with Gasteiger partial charge in [0.15, 0.2) is 0 Å². The fraction of sp³-hybridized carbons (Fsp3) is 0.436. The molecule has 0 aliphatic rings. The van der Waals surface area contributed by atoms with Gasteiger partial charge in [-0.1, -0.05) is 88.0 Å². The van der Waals surface area contributed by atoms with Crippen LogP contribution in [0.5, 0.6) is 0 Å². The Morgan fingerprint density at radius 2 is 1.09 bits per heavy atom. The fourth-order valence-electron chi connectivity index (χ4n) is 3.59. The van der Waals surface area contributed by atoms with Crippen LogP contribution in [0.15, 0.2) is 75.8 Å². The number of aryl methyl sites for hydroxylation is 1. The van der Waals surface area contributed by atoms with E-state index in [0.717, 1.165) is 31.2 Å². The Bertz CT molecular complexity index is 1460. The molecule has 0 N–H and O–H groups in total. The Morgan fingerprint density at radius 3 is 1.51 bits per heavy atom. The van der Waals surface area contributed by atoms with Gasteiger partial charge in [-0.25, -0.2) is 8.42 Å². The van der Waals surface area contributed by atoms with Crippen LogP contribution >= 0.6 is 0 Å². The summed E-state index contributed by atoms with van der Waals surface area (Å²) >= 11 is 0. The minimum Gasteiger partial charge on any atom is -0.365 e. The van der Waals surface area contributed by atoms with E-state index in [1.54, 1.807) is 24.3 Å². The number of ether oxygens (including phenoxy) is 2. The van der Waals surface area contributed by atoms with Gasteiger partial charge >= 0.3 is 0 Å². The van der Waals surface area contributed by atoms with Crippen LogP contribution in [0, 0.1) is 54.3 Å². The van der Waals surface area contributed by atoms with Crippen molar-refractivity contribution in [2.24, 2.45) is 0 Å². The molecule has 0 aromatic heterocycles. The second kappa shape index (κ2) is 23.6. The average Bonchev–Trinajstić information content (AvgIpc) is 2.98. The lowest BCUT2D eigenvalue weighted by molar-refractivity contribution is 0.198. The third-order valence-corrected chi connectivity index (χ3v) is 8.08. The fourth-order valence-corrected chi connectivity index (χ4v) is 4.84. The normalized spacial score (nSPS) is 11.1. The summed E-state index contributed by atoms with van der Waals surface area (Å²) in [5.74, 6) is 22.3. The molecule has 6 heteroatoms. The lowest BCUT2D eigenvalue weighted by Crippen LogP contribution is -2.32. The predicted octanol–water partition coefficient (Wildman–Crippen LogP) is 7.42. The maximum atomic E-state index is 13.3. The highest BCUT2D eigenvalue weighted by molar-refractivity contribution is 7.89. The molecule has 1 aromatic rings. The zero-order valence-corrected chi connectivity index (χ0v) is 29.0. The minimum absolute atomic E-state index is 0.0517. The number of allylic oxidation sites excluding steroid dienone is 6. The second-order valence-corrected chi connectivity index (χ2v) is 13.0. The molecule has 0 atom stereocenters. The maximum Gasteiger partial charge on any atom is 0.244 e. The molecule has 240 valence electrons. The first-order chi connectivity index (χ1) is 21.5. The summed E-state index contributed by atoms with van der Waals surface area (Å²) < 4.78 is 38.9. The monoisotopic (exact) mass is 627 g/mol. The molecule has 1 rings (SSSR count). The van der Waals surface area contributed by atoms with Crippen molar-refractivity contribution < 1.29 is 17.9 Å². The molecule has 0 unspecified atom stereocenters. The van der Waals surface area contributed by atoms with Crippen LogP contribution in [-0.2, 0) is 19.5 Å². The standard InChI is InChI=1S/C39H49NO4S/c1-34(2)18-16-20-36(5)26-32-43-30-14-10-8-12-28-40(45(41,42)39-24-22-38(7)23-25-39)29-13-9-11-15-31-44-33-27-37(6)21-17-19-35(3)4/h18-19,22-27H,16-17,20-21,28-33H2,1-7H3/b36-26-,37-27-. The lowest BCUT2D eigenvalue weighted by Gasteiger charge is -2.17. The van der Waals surface area contributed by atoms with Crippen LogP contribution in [-0.4, -0.2) is 52.2 Å². The van der Waals surface area contributed by atoms with Crippen LogP contribution < -0.4 is 0 Å². The van der Waals surface area contributed by atoms with Crippen LogP contribution in [0.4, 0.5) is 0 Å². The van der Waals surface area contributed by atoms with Crippen molar-refractivity contribution in [3.8, 4) is 47.4 Å². The Morgan fingerprint density at radius 1 is 0.667 bits per heavy atom. The van der Waals surface area contributed by atoms with Gasteiger partial charge in [-0.05, 0) is 110 Å². The molecule has 5 nitrogen and oxygen atoms in total. The molecule has 0 aliphatic heterocycles. The molecule has 0 saturated heterocycles. The molecule has 0 aliphatic carbocycles. The maximum absolute atomic E-state index is 13.3.